The number of phenols is 1. The molecule has 0 bridgehead atoms. The van der Waals surface area contributed by atoms with E-state index in [4.69, 9.17) is 11.6 Å². The quantitative estimate of drug-likeness (QED) is 0.404. The molecule has 1 saturated heterocycles. The fraction of sp³-hybridized carbons (Fsp3) is 0.250. The number of halogens is 1. The molecule has 1 aromatic rings. The van der Waals surface area contributed by atoms with Crippen LogP contribution >= 0.6 is 23.4 Å². The van der Waals surface area contributed by atoms with Crippen LogP contribution in [0.1, 0.15) is 11.5 Å². The van der Waals surface area contributed by atoms with Gasteiger partial charge in [-0.1, -0.05) is 23.7 Å². The van der Waals surface area contributed by atoms with Gasteiger partial charge in [0.05, 0.1) is 5.03 Å². The molecule has 0 saturated carbocycles. The fourth-order valence-electron chi connectivity index (χ4n) is 2.93. The lowest BCUT2D eigenvalue weighted by Crippen LogP contribution is -2.70. The van der Waals surface area contributed by atoms with Crippen molar-refractivity contribution in [3.05, 3.63) is 40.6 Å². The van der Waals surface area contributed by atoms with Gasteiger partial charge in [-0.15, -0.1) is 11.8 Å². The number of nitrogens with zero attached hydrogens (tertiary/aromatic N) is 1. The third-order valence-corrected chi connectivity index (χ3v) is 5.89. The number of carboxylic acids is 2. The van der Waals surface area contributed by atoms with E-state index in [9.17, 15) is 34.5 Å². The maximum atomic E-state index is 12.5. The lowest BCUT2D eigenvalue weighted by Gasteiger charge is -2.48. The number of hydrogen-bond acceptors (Lipinski definition) is 6. The third-order valence-electron chi connectivity index (χ3n) is 4.13. The van der Waals surface area contributed by atoms with E-state index in [-0.39, 0.29) is 27.8 Å². The van der Waals surface area contributed by atoms with E-state index in [1.54, 1.807) is 0 Å². The van der Waals surface area contributed by atoms with Gasteiger partial charge in [0.1, 0.15) is 22.9 Å². The monoisotopic (exact) mass is 412 g/mol. The van der Waals surface area contributed by atoms with E-state index >= 15 is 0 Å². The molecule has 1 fully saturated rings. The van der Waals surface area contributed by atoms with E-state index in [1.165, 1.54) is 18.2 Å². The molecule has 2 unspecified atom stereocenters. The molecule has 4 N–H and O–H groups in total. The number of carbonyl (C=O) groups excluding carboxylic acids is 2. The largest absolute Gasteiger partial charge is 0.508 e. The predicted octanol–water partition coefficient (Wildman–Crippen LogP) is 0.495. The van der Waals surface area contributed by atoms with Crippen molar-refractivity contribution >= 4 is 47.1 Å². The summed E-state index contributed by atoms with van der Waals surface area (Å²) in [6.07, 6.45) is 0. The lowest BCUT2D eigenvalue weighted by atomic mass is 9.96. The minimum Gasteiger partial charge on any atom is -0.508 e. The van der Waals surface area contributed by atoms with E-state index in [0.717, 1.165) is 22.7 Å². The van der Waals surface area contributed by atoms with Gasteiger partial charge < -0.3 is 20.6 Å². The molecule has 0 aromatic heterocycles. The van der Waals surface area contributed by atoms with Crippen LogP contribution in [0.25, 0.3) is 0 Å². The van der Waals surface area contributed by atoms with Gasteiger partial charge in [-0.05, 0) is 17.7 Å². The van der Waals surface area contributed by atoms with Gasteiger partial charge in [-0.3, -0.25) is 19.3 Å². The van der Waals surface area contributed by atoms with Gasteiger partial charge in [-0.2, -0.15) is 0 Å². The van der Waals surface area contributed by atoms with Crippen molar-refractivity contribution in [3.63, 3.8) is 0 Å². The molecule has 0 aliphatic carbocycles. The maximum absolute atomic E-state index is 12.5. The molecule has 3 atom stereocenters. The summed E-state index contributed by atoms with van der Waals surface area (Å²) in [5, 5.41) is 29.8. The molecule has 27 heavy (non-hydrogen) atoms. The molecular formula is C16H13ClN2O7S. The minimum atomic E-state index is -1.63. The van der Waals surface area contributed by atoms with Crippen LogP contribution in [0.15, 0.2) is 35.0 Å². The number of amides is 2. The van der Waals surface area contributed by atoms with Crippen LogP contribution in [0.3, 0.4) is 0 Å². The van der Waals surface area contributed by atoms with E-state index in [0.29, 0.717) is 0 Å². The average molecular weight is 413 g/mol. The Morgan fingerprint density at radius 1 is 1.30 bits per heavy atom. The normalized spacial score (nSPS) is 22.6. The van der Waals surface area contributed by atoms with Crippen molar-refractivity contribution in [3.8, 4) is 5.75 Å². The van der Waals surface area contributed by atoms with Crippen molar-refractivity contribution in [2.75, 3.05) is 5.75 Å². The third kappa shape index (κ3) is 3.33. The van der Waals surface area contributed by atoms with Crippen LogP contribution in [0, 0.1) is 0 Å². The molecule has 3 rings (SSSR count). The number of β-lactam (4-membered cyclic amide) rings is 1. The number of aliphatic carboxylic acids is 2. The number of hydrogen-bond donors (Lipinski definition) is 4. The topological polar surface area (TPSA) is 144 Å². The first-order chi connectivity index (χ1) is 12.7. The molecule has 2 aliphatic rings. The number of rotatable bonds is 5. The maximum Gasteiger partial charge on any atom is 0.353 e. The van der Waals surface area contributed by atoms with E-state index < -0.39 is 41.1 Å². The second-order valence-electron chi connectivity index (χ2n) is 5.82. The number of aromatic hydroxyl groups is 1. The second-order valence-corrected chi connectivity index (χ2v) is 7.38. The van der Waals surface area contributed by atoms with Gasteiger partial charge in [0.25, 0.3) is 5.91 Å². The Balaban J connectivity index is 1.80. The summed E-state index contributed by atoms with van der Waals surface area (Å²) in [5.41, 5.74) is -0.284. The molecular weight excluding hydrogens is 400 g/mol. The highest BCUT2D eigenvalue weighted by Crippen LogP contribution is 2.41. The first-order valence-electron chi connectivity index (χ1n) is 7.61. The Kier molecular flexibility index (Phi) is 5.03. The average Bonchev–Trinajstić information content (AvgIpc) is 2.59. The van der Waals surface area contributed by atoms with Crippen LogP contribution in [0.2, 0.25) is 0 Å². The Labute approximate surface area is 161 Å². The number of phenolic OH excluding ortho intramolecular Hbond substituents is 1. The highest BCUT2D eigenvalue weighted by atomic mass is 35.5. The van der Waals surface area contributed by atoms with Crippen LogP contribution < -0.4 is 5.32 Å². The lowest BCUT2D eigenvalue weighted by molar-refractivity contribution is -0.152. The number of fused-ring (bicyclic) bond motifs is 1. The molecule has 2 amide bonds. The molecule has 2 heterocycles. The van der Waals surface area contributed by atoms with Crippen molar-refractivity contribution in [2.24, 2.45) is 0 Å². The number of nitrogens with one attached hydrogen (secondary N) is 1. The SMILES string of the molecule is O=C(O)C1=C(Cl)CS[C@H]2C(NC(=O)C(C(=O)O)c3cccc(O)c3)C(=O)N12. The highest BCUT2D eigenvalue weighted by molar-refractivity contribution is 8.00. The Bertz CT molecular complexity index is 887. The van der Waals surface area contributed by atoms with Crippen molar-refractivity contribution in [1.29, 1.82) is 0 Å². The summed E-state index contributed by atoms with van der Waals surface area (Å²) in [6, 6.07) is 4.17. The Morgan fingerprint density at radius 2 is 2.00 bits per heavy atom. The summed E-state index contributed by atoms with van der Waals surface area (Å²) in [4.78, 5) is 48.7. The van der Waals surface area contributed by atoms with Crippen molar-refractivity contribution in [1.82, 2.24) is 10.2 Å². The molecule has 11 heteroatoms. The van der Waals surface area contributed by atoms with Crippen LogP contribution in [0.4, 0.5) is 0 Å². The molecule has 142 valence electrons. The summed E-state index contributed by atoms with van der Waals surface area (Å²) in [7, 11) is 0. The van der Waals surface area contributed by atoms with Crippen LogP contribution in [-0.2, 0) is 19.2 Å². The smallest absolute Gasteiger partial charge is 0.353 e. The molecule has 9 nitrogen and oxygen atoms in total. The molecule has 1 aromatic carbocycles. The van der Waals surface area contributed by atoms with E-state index in [1.807, 2.05) is 0 Å². The second kappa shape index (κ2) is 7.12. The van der Waals surface area contributed by atoms with Crippen molar-refractivity contribution in [2.45, 2.75) is 17.3 Å². The summed E-state index contributed by atoms with van der Waals surface area (Å²) >= 11 is 7.04. The number of thioether (sulfide) groups is 1. The first kappa shape index (κ1) is 19.1. The van der Waals surface area contributed by atoms with Gasteiger partial charge >= 0.3 is 11.9 Å². The van der Waals surface area contributed by atoms with Gasteiger partial charge in [0.15, 0.2) is 5.92 Å². The zero-order valence-electron chi connectivity index (χ0n) is 13.5. The number of carboxylic acid groups (broad SMARTS) is 2. The first-order valence-corrected chi connectivity index (χ1v) is 9.03. The Hall–Kier alpha value is -2.72. The van der Waals surface area contributed by atoms with Gasteiger partial charge in [-0.25, -0.2) is 4.79 Å². The Morgan fingerprint density at radius 3 is 2.59 bits per heavy atom. The zero-order chi connectivity index (χ0) is 19.9. The minimum absolute atomic E-state index is 0.0186. The predicted molar refractivity (Wildman–Crippen MR) is 94.0 cm³/mol. The molecule has 0 radical (unpaired) electrons. The molecule has 2 aliphatic heterocycles. The number of benzene rings is 1. The standard InChI is InChI=1S/C16H13ClN2O7S/c17-8-5-27-14-10(13(22)19(14)11(8)16(25)26)18-12(21)9(15(23)24)6-2-1-3-7(20)4-6/h1-4,9-10,14,20H,5H2,(H,18,21)(H,23,24)(H,25,26)/t9?,10?,14-/m0/s1. The summed E-state index contributed by atoms with van der Waals surface area (Å²) < 4.78 is 0. The number of carbonyl (C=O) groups is 4. The van der Waals surface area contributed by atoms with Crippen molar-refractivity contribution < 1.29 is 34.5 Å². The van der Waals surface area contributed by atoms with Gasteiger partial charge in [0.2, 0.25) is 5.91 Å². The van der Waals surface area contributed by atoms with Gasteiger partial charge in [0, 0.05) is 5.75 Å². The molecule has 0 spiro atoms. The highest BCUT2D eigenvalue weighted by Gasteiger charge is 2.54. The van der Waals surface area contributed by atoms with Crippen LogP contribution in [-0.4, -0.2) is 61.1 Å². The summed E-state index contributed by atoms with van der Waals surface area (Å²) in [5.74, 6) is -6.12. The zero-order valence-corrected chi connectivity index (χ0v) is 15.0. The summed E-state index contributed by atoms with van der Waals surface area (Å²) in [6.45, 7) is 0. The fourth-order valence-corrected chi connectivity index (χ4v) is 4.48. The van der Waals surface area contributed by atoms with Crippen LogP contribution in [0.5, 0.6) is 5.75 Å². The van der Waals surface area contributed by atoms with E-state index in [2.05, 4.69) is 5.32 Å².